The van der Waals surface area contributed by atoms with Gasteiger partial charge in [-0.1, -0.05) is 6.42 Å². The maximum Gasteiger partial charge on any atom is 0.238 e. The zero-order valence-electron chi connectivity index (χ0n) is 10.00. The molecule has 0 aromatic rings. The molecule has 0 heterocycles. The van der Waals surface area contributed by atoms with Crippen LogP contribution in [0.4, 0.5) is 0 Å². The van der Waals surface area contributed by atoms with Gasteiger partial charge in [-0.15, -0.1) is 0 Å². The maximum absolute atomic E-state index is 11.8. The van der Waals surface area contributed by atoms with Crippen LogP contribution < -0.4 is 11.1 Å². The van der Waals surface area contributed by atoms with Gasteiger partial charge in [0.05, 0.1) is 0 Å². The largest absolute Gasteiger partial charge is 0.368 e. The van der Waals surface area contributed by atoms with Crippen molar-refractivity contribution in [2.45, 2.75) is 50.1 Å². The Morgan fingerprint density at radius 3 is 2.81 bits per heavy atom. The van der Waals surface area contributed by atoms with Gasteiger partial charge in [-0.2, -0.15) is 11.8 Å². The van der Waals surface area contributed by atoms with E-state index in [2.05, 4.69) is 11.6 Å². The molecule has 0 radical (unpaired) electrons. The van der Waals surface area contributed by atoms with Crippen LogP contribution in [-0.2, 0) is 4.79 Å². The van der Waals surface area contributed by atoms with Crippen LogP contribution >= 0.6 is 11.8 Å². The molecule has 0 saturated heterocycles. The first-order valence-corrected chi connectivity index (χ1v) is 7.65. The highest BCUT2D eigenvalue weighted by Gasteiger charge is 2.49. The molecule has 4 heteroatoms. The number of primary amides is 1. The van der Waals surface area contributed by atoms with E-state index in [-0.39, 0.29) is 11.4 Å². The predicted octanol–water partition coefficient (Wildman–Crippen LogP) is 1.52. The Bertz CT molecular complexity index is 268. The molecule has 0 aliphatic heterocycles. The van der Waals surface area contributed by atoms with Crippen molar-refractivity contribution in [1.29, 1.82) is 0 Å². The number of hydrogen-bond donors (Lipinski definition) is 2. The standard InChI is InChI=1S/C12H22N2OS/c1-16-8-6-9-3-2-7-12(9,11(13)15)14-10-4-5-10/h9-10,14H,2-8H2,1H3,(H2,13,15). The second-order valence-electron chi connectivity index (χ2n) is 5.12. The van der Waals surface area contributed by atoms with Crippen LogP contribution in [0.15, 0.2) is 0 Å². The lowest BCUT2D eigenvalue weighted by molar-refractivity contribution is -0.126. The average molecular weight is 242 g/mol. The van der Waals surface area contributed by atoms with E-state index < -0.39 is 0 Å². The molecule has 2 aliphatic rings. The molecule has 2 fully saturated rings. The highest BCUT2D eigenvalue weighted by molar-refractivity contribution is 7.98. The van der Waals surface area contributed by atoms with Crippen molar-refractivity contribution in [3.8, 4) is 0 Å². The summed E-state index contributed by atoms with van der Waals surface area (Å²) in [6.45, 7) is 0. The fourth-order valence-corrected chi connectivity index (χ4v) is 3.43. The van der Waals surface area contributed by atoms with E-state index in [0.29, 0.717) is 12.0 Å². The van der Waals surface area contributed by atoms with Gasteiger partial charge in [-0.25, -0.2) is 0 Å². The number of carbonyl (C=O) groups excluding carboxylic acids is 1. The third-order valence-corrected chi connectivity index (χ3v) is 4.61. The summed E-state index contributed by atoms with van der Waals surface area (Å²) in [7, 11) is 0. The summed E-state index contributed by atoms with van der Waals surface area (Å²) in [5, 5.41) is 3.54. The molecule has 0 aromatic heterocycles. The molecule has 2 aliphatic carbocycles. The van der Waals surface area contributed by atoms with Crippen molar-refractivity contribution in [3.63, 3.8) is 0 Å². The Morgan fingerprint density at radius 1 is 1.50 bits per heavy atom. The van der Waals surface area contributed by atoms with Crippen molar-refractivity contribution in [1.82, 2.24) is 5.32 Å². The monoisotopic (exact) mass is 242 g/mol. The van der Waals surface area contributed by atoms with Gasteiger partial charge >= 0.3 is 0 Å². The molecule has 16 heavy (non-hydrogen) atoms. The molecule has 3 nitrogen and oxygen atoms in total. The van der Waals surface area contributed by atoms with Crippen molar-refractivity contribution in [3.05, 3.63) is 0 Å². The van der Waals surface area contributed by atoms with Gasteiger partial charge in [0.25, 0.3) is 0 Å². The summed E-state index contributed by atoms with van der Waals surface area (Å²) in [5.74, 6) is 1.47. The lowest BCUT2D eigenvalue weighted by Crippen LogP contribution is -2.58. The third kappa shape index (κ3) is 2.38. The van der Waals surface area contributed by atoms with Gasteiger partial charge in [0, 0.05) is 6.04 Å². The molecule has 2 unspecified atom stereocenters. The highest BCUT2D eigenvalue weighted by atomic mass is 32.2. The highest BCUT2D eigenvalue weighted by Crippen LogP contribution is 2.40. The Morgan fingerprint density at radius 2 is 2.25 bits per heavy atom. The van der Waals surface area contributed by atoms with Gasteiger partial charge in [-0.05, 0) is 50.0 Å². The molecule has 0 bridgehead atoms. The summed E-state index contributed by atoms with van der Waals surface area (Å²) < 4.78 is 0. The van der Waals surface area contributed by atoms with Crippen LogP contribution in [0.5, 0.6) is 0 Å². The quantitative estimate of drug-likeness (QED) is 0.742. The van der Waals surface area contributed by atoms with E-state index in [4.69, 9.17) is 5.73 Å². The van der Waals surface area contributed by atoms with Crippen LogP contribution in [0.1, 0.15) is 38.5 Å². The van der Waals surface area contributed by atoms with Crippen molar-refractivity contribution >= 4 is 17.7 Å². The number of amides is 1. The van der Waals surface area contributed by atoms with Crippen LogP contribution in [0, 0.1) is 5.92 Å². The van der Waals surface area contributed by atoms with Gasteiger partial charge in [0.15, 0.2) is 0 Å². The molecule has 2 rings (SSSR count). The van der Waals surface area contributed by atoms with E-state index in [0.717, 1.165) is 31.4 Å². The molecule has 0 spiro atoms. The number of rotatable bonds is 6. The van der Waals surface area contributed by atoms with E-state index in [9.17, 15) is 4.79 Å². The normalized spacial score (nSPS) is 34.2. The van der Waals surface area contributed by atoms with Crippen LogP contribution in [0.3, 0.4) is 0 Å². The minimum Gasteiger partial charge on any atom is -0.368 e. The summed E-state index contributed by atoms with van der Waals surface area (Å²) in [6.07, 6.45) is 8.90. The zero-order chi connectivity index (χ0) is 11.6. The minimum atomic E-state index is -0.378. The van der Waals surface area contributed by atoms with Crippen LogP contribution in [0.25, 0.3) is 0 Å². The lowest BCUT2D eigenvalue weighted by Gasteiger charge is -2.34. The topological polar surface area (TPSA) is 55.1 Å². The van der Waals surface area contributed by atoms with Crippen molar-refractivity contribution in [2.24, 2.45) is 11.7 Å². The molecule has 2 atom stereocenters. The fourth-order valence-electron chi connectivity index (χ4n) is 2.91. The predicted molar refractivity (Wildman–Crippen MR) is 68.4 cm³/mol. The zero-order valence-corrected chi connectivity index (χ0v) is 10.8. The molecule has 0 aromatic carbocycles. The van der Waals surface area contributed by atoms with E-state index in [1.54, 1.807) is 0 Å². The minimum absolute atomic E-state index is 0.122. The third-order valence-electron chi connectivity index (χ3n) is 3.97. The molecule has 3 N–H and O–H groups in total. The average Bonchev–Trinajstić information content (AvgIpc) is 2.95. The van der Waals surface area contributed by atoms with Gasteiger partial charge in [-0.3, -0.25) is 4.79 Å². The first kappa shape index (κ1) is 12.2. The van der Waals surface area contributed by atoms with E-state index in [1.165, 1.54) is 12.8 Å². The Hall–Kier alpha value is -0.220. The Kier molecular flexibility index (Phi) is 3.80. The summed E-state index contributed by atoms with van der Waals surface area (Å²) in [4.78, 5) is 11.8. The second kappa shape index (κ2) is 4.96. The van der Waals surface area contributed by atoms with Crippen molar-refractivity contribution < 1.29 is 4.79 Å². The molecular weight excluding hydrogens is 220 g/mol. The number of nitrogens with two attached hydrogens (primary N) is 1. The smallest absolute Gasteiger partial charge is 0.238 e. The van der Waals surface area contributed by atoms with E-state index >= 15 is 0 Å². The summed E-state index contributed by atoms with van der Waals surface area (Å²) in [6, 6.07) is 0.558. The first-order valence-electron chi connectivity index (χ1n) is 6.25. The van der Waals surface area contributed by atoms with E-state index in [1.807, 2.05) is 11.8 Å². The molecule has 92 valence electrons. The molecule has 2 saturated carbocycles. The number of thioether (sulfide) groups is 1. The van der Waals surface area contributed by atoms with Gasteiger partial charge in [0.2, 0.25) is 5.91 Å². The SMILES string of the molecule is CSCCC1CCCC1(NC1CC1)C(N)=O. The Labute approximate surface area is 102 Å². The fraction of sp³-hybridized carbons (Fsp3) is 0.917. The van der Waals surface area contributed by atoms with Crippen LogP contribution in [-0.4, -0.2) is 29.5 Å². The Balaban J connectivity index is 2.05. The molecule has 1 amide bonds. The maximum atomic E-state index is 11.8. The van der Waals surface area contributed by atoms with Gasteiger partial charge < -0.3 is 11.1 Å². The number of nitrogens with one attached hydrogen (secondary N) is 1. The lowest BCUT2D eigenvalue weighted by atomic mass is 9.84. The van der Waals surface area contributed by atoms with Gasteiger partial charge in [0.1, 0.15) is 5.54 Å². The van der Waals surface area contributed by atoms with Crippen molar-refractivity contribution in [2.75, 3.05) is 12.0 Å². The molecular formula is C12H22N2OS. The second-order valence-corrected chi connectivity index (χ2v) is 6.11. The first-order chi connectivity index (χ1) is 7.69. The summed E-state index contributed by atoms with van der Waals surface area (Å²) in [5.41, 5.74) is 5.28. The number of hydrogen-bond acceptors (Lipinski definition) is 3. The summed E-state index contributed by atoms with van der Waals surface area (Å²) >= 11 is 1.86. The number of carbonyl (C=O) groups is 1. The van der Waals surface area contributed by atoms with Crippen LogP contribution in [0.2, 0.25) is 0 Å².